The first-order valence-electron chi connectivity index (χ1n) is 15.3. The molecule has 3 heterocycles. The fourth-order valence-electron chi connectivity index (χ4n) is 6.65. The number of rotatable bonds is 10. The number of carbonyl (C=O) groups is 1. The number of hydrogen-bond acceptors (Lipinski definition) is 5. The van der Waals surface area contributed by atoms with E-state index in [-0.39, 0.29) is 11.7 Å². The van der Waals surface area contributed by atoms with Crippen molar-refractivity contribution in [2.75, 3.05) is 32.2 Å². The molecule has 0 radical (unpaired) electrons. The number of sulfone groups is 1. The molecule has 6 rings (SSSR count). The Morgan fingerprint density at radius 1 is 1.10 bits per heavy atom. The molecule has 0 unspecified atom stereocenters. The van der Waals surface area contributed by atoms with Crippen molar-refractivity contribution in [1.29, 1.82) is 0 Å². The van der Waals surface area contributed by atoms with E-state index < -0.39 is 9.84 Å². The number of aryl methyl sites for hydroxylation is 2. The Kier molecular flexibility index (Phi) is 7.81. The van der Waals surface area contributed by atoms with Gasteiger partial charge in [0.2, 0.25) is 0 Å². The van der Waals surface area contributed by atoms with Crippen molar-refractivity contribution in [1.82, 2.24) is 19.0 Å². The van der Waals surface area contributed by atoms with E-state index in [4.69, 9.17) is 9.72 Å². The summed E-state index contributed by atoms with van der Waals surface area (Å²) in [5, 5.41) is 1.13. The minimum atomic E-state index is -3.01. The highest BCUT2D eigenvalue weighted by Crippen LogP contribution is 2.39. The monoisotopic (exact) mass is 590 g/mol. The zero-order valence-corrected chi connectivity index (χ0v) is 26.0. The Labute approximate surface area is 248 Å². The lowest BCUT2D eigenvalue weighted by Gasteiger charge is -2.32. The van der Waals surface area contributed by atoms with Crippen LogP contribution < -0.4 is 4.74 Å². The number of methoxy groups -OCH3 is 1. The van der Waals surface area contributed by atoms with E-state index in [1.54, 1.807) is 7.11 Å². The molecule has 1 aliphatic carbocycles. The Morgan fingerprint density at radius 3 is 2.62 bits per heavy atom. The predicted octanol–water partition coefficient (Wildman–Crippen LogP) is 5.85. The van der Waals surface area contributed by atoms with Gasteiger partial charge in [-0.15, -0.1) is 0 Å². The Hall–Kier alpha value is -3.33. The van der Waals surface area contributed by atoms with Gasteiger partial charge in [-0.25, -0.2) is 13.4 Å². The Bertz CT molecular complexity index is 1750. The molecule has 1 saturated carbocycles. The minimum Gasteiger partial charge on any atom is -0.494 e. The van der Waals surface area contributed by atoms with E-state index in [1.807, 2.05) is 24.1 Å². The van der Waals surface area contributed by atoms with Crippen LogP contribution in [0.25, 0.3) is 33.5 Å². The number of piperidine rings is 1. The van der Waals surface area contributed by atoms with Crippen LogP contribution in [-0.4, -0.2) is 65.6 Å². The van der Waals surface area contributed by atoms with Gasteiger partial charge in [0.15, 0.2) is 5.82 Å². The summed E-state index contributed by atoms with van der Waals surface area (Å²) >= 11 is 0. The van der Waals surface area contributed by atoms with Gasteiger partial charge in [-0.05, 0) is 74.1 Å². The number of hydrogen-bond donors (Lipinski definition) is 0. The van der Waals surface area contributed by atoms with Crippen molar-refractivity contribution in [3.8, 4) is 17.3 Å². The minimum absolute atomic E-state index is 0.0436. The molecule has 1 atom stereocenters. The Balaban J connectivity index is 1.43. The summed E-state index contributed by atoms with van der Waals surface area (Å²) < 4.78 is 33.9. The van der Waals surface area contributed by atoms with Gasteiger partial charge >= 0.3 is 0 Å². The number of carbonyl (C=O) groups excluding carboxylic acids is 1. The van der Waals surface area contributed by atoms with Crippen molar-refractivity contribution >= 4 is 37.7 Å². The average molecular weight is 591 g/mol. The van der Waals surface area contributed by atoms with Crippen LogP contribution in [-0.2, 0) is 29.9 Å². The van der Waals surface area contributed by atoms with Crippen LogP contribution in [0.4, 0.5) is 0 Å². The molecule has 0 spiro atoms. The zero-order valence-electron chi connectivity index (χ0n) is 25.2. The number of imidazole rings is 1. The predicted molar refractivity (Wildman–Crippen MR) is 168 cm³/mol. The van der Waals surface area contributed by atoms with Crippen molar-refractivity contribution in [2.45, 2.75) is 58.4 Å². The summed E-state index contributed by atoms with van der Waals surface area (Å²) in [7, 11) is 0.649. The van der Waals surface area contributed by atoms with Gasteiger partial charge in [-0.2, -0.15) is 0 Å². The Morgan fingerprint density at radius 2 is 1.90 bits per heavy atom. The quantitative estimate of drug-likeness (QED) is 0.231. The van der Waals surface area contributed by atoms with E-state index in [0.29, 0.717) is 36.0 Å². The van der Waals surface area contributed by atoms with Gasteiger partial charge in [0, 0.05) is 43.9 Å². The molecule has 2 aromatic carbocycles. The third-order valence-corrected chi connectivity index (χ3v) is 10.1. The number of nitrogens with zero attached hydrogens (tertiary/aromatic N) is 4. The summed E-state index contributed by atoms with van der Waals surface area (Å²) in [6.07, 6.45) is 8.34. The number of ether oxygens (including phenoxy) is 1. The van der Waals surface area contributed by atoms with Crippen molar-refractivity contribution in [3.63, 3.8) is 0 Å². The fraction of sp³-hybridized carbons (Fsp3) is 0.515. The average Bonchev–Trinajstić information content (AvgIpc) is 3.64. The number of benzene rings is 2. The summed E-state index contributed by atoms with van der Waals surface area (Å²) in [4.78, 5) is 20.7. The van der Waals surface area contributed by atoms with Crippen LogP contribution in [0.1, 0.15) is 61.4 Å². The largest absolute Gasteiger partial charge is 0.494 e. The SMILES string of the molecule is CC[C@@H]1CCCN(C(=O)c2cc(OC)c3c(c2)nc(-c2cc4cccc(CCCS(C)(=O)=O)c4n2CC2CC2)n3C)C1. The highest BCUT2D eigenvalue weighted by Gasteiger charge is 2.28. The maximum Gasteiger partial charge on any atom is 0.254 e. The molecule has 224 valence electrons. The molecule has 1 amide bonds. The topological polar surface area (TPSA) is 86.4 Å². The second-order valence-electron chi connectivity index (χ2n) is 12.4. The number of amides is 1. The number of para-hydroxylation sites is 1. The van der Waals surface area contributed by atoms with Crippen LogP contribution in [0.3, 0.4) is 0 Å². The molecule has 0 bridgehead atoms. The third kappa shape index (κ3) is 5.68. The maximum atomic E-state index is 13.6. The van der Waals surface area contributed by atoms with E-state index in [2.05, 4.69) is 40.3 Å². The number of likely N-dealkylation sites (tertiary alicyclic amines) is 1. The normalized spacial score (nSPS) is 17.8. The first kappa shape index (κ1) is 28.8. The van der Waals surface area contributed by atoms with Crippen molar-refractivity contribution in [2.24, 2.45) is 18.9 Å². The summed E-state index contributed by atoms with van der Waals surface area (Å²) in [6, 6.07) is 12.3. The van der Waals surface area contributed by atoms with Crippen molar-refractivity contribution < 1.29 is 17.9 Å². The van der Waals surface area contributed by atoms with E-state index >= 15 is 0 Å². The number of aromatic nitrogens is 3. The van der Waals surface area contributed by atoms with Gasteiger partial charge in [0.25, 0.3) is 5.91 Å². The molecule has 2 fully saturated rings. The molecular weight excluding hydrogens is 548 g/mol. The highest BCUT2D eigenvalue weighted by molar-refractivity contribution is 7.90. The molecule has 4 aromatic rings. The molecule has 2 aromatic heterocycles. The standard InChI is InChI=1S/C33H42N4O4S/c1-5-22-9-7-15-36(20-22)33(38)26-17-27-31(29(19-26)41-3)35(2)32(34-27)28-18-25-11-6-10-24(12-8-16-42(4,39)40)30(25)37(28)21-23-13-14-23/h6,10-11,17-19,22-23H,5,7-9,12-16,20-21H2,1-4H3/t22-/m1/s1. The molecule has 1 aliphatic heterocycles. The second-order valence-corrected chi connectivity index (χ2v) is 14.6. The summed E-state index contributed by atoms with van der Waals surface area (Å²) in [5.74, 6) is 2.89. The van der Waals surface area contributed by atoms with Crippen LogP contribution in [0.5, 0.6) is 5.75 Å². The van der Waals surface area contributed by atoms with Gasteiger partial charge in [-0.1, -0.05) is 31.5 Å². The molecule has 2 aliphatic rings. The fourth-order valence-corrected chi connectivity index (χ4v) is 7.32. The summed E-state index contributed by atoms with van der Waals surface area (Å²) in [5.41, 5.74) is 5.59. The highest BCUT2D eigenvalue weighted by atomic mass is 32.2. The van der Waals surface area contributed by atoms with E-state index in [0.717, 1.165) is 60.4 Å². The van der Waals surface area contributed by atoms with Gasteiger partial charge in [0.05, 0.1) is 29.6 Å². The zero-order chi connectivity index (χ0) is 29.6. The molecular formula is C33H42N4O4S. The molecule has 42 heavy (non-hydrogen) atoms. The lowest BCUT2D eigenvalue weighted by molar-refractivity contribution is 0.0671. The van der Waals surface area contributed by atoms with Gasteiger partial charge < -0.3 is 18.8 Å². The van der Waals surface area contributed by atoms with Crippen LogP contribution in [0.15, 0.2) is 36.4 Å². The molecule has 1 saturated heterocycles. The molecule has 0 N–H and O–H groups in total. The van der Waals surface area contributed by atoms with E-state index in [1.165, 1.54) is 36.6 Å². The lowest BCUT2D eigenvalue weighted by atomic mass is 9.95. The lowest BCUT2D eigenvalue weighted by Crippen LogP contribution is -2.39. The smallest absolute Gasteiger partial charge is 0.254 e. The van der Waals surface area contributed by atoms with Crippen LogP contribution in [0.2, 0.25) is 0 Å². The molecule has 8 nitrogen and oxygen atoms in total. The van der Waals surface area contributed by atoms with Crippen LogP contribution >= 0.6 is 0 Å². The van der Waals surface area contributed by atoms with Gasteiger partial charge in [0.1, 0.15) is 21.1 Å². The first-order chi connectivity index (χ1) is 20.2. The van der Waals surface area contributed by atoms with E-state index in [9.17, 15) is 13.2 Å². The van der Waals surface area contributed by atoms with Gasteiger partial charge in [-0.3, -0.25) is 4.79 Å². The first-order valence-corrected chi connectivity index (χ1v) is 17.4. The van der Waals surface area contributed by atoms with Crippen molar-refractivity contribution in [3.05, 3.63) is 47.5 Å². The van der Waals surface area contributed by atoms with Crippen LogP contribution in [0, 0.1) is 11.8 Å². The molecule has 9 heteroatoms. The number of fused-ring (bicyclic) bond motifs is 2. The summed E-state index contributed by atoms with van der Waals surface area (Å²) in [6.45, 7) is 4.69. The third-order valence-electron chi connectivity index (χ3n) is 9.12. The second kappa shape index (κ2) is 11.4. The maximum absolute atomic E-state index is 13.6.